The highest BCUT2D eigenvalue weighted by atomic mass is 32.1. The Bertz CT molecular complexity index is 461. The van der Waals surface area contributed by atoms with Gasteiger partial charge < -0.3 is 4.90 Å². The predicted molar refractivity (Wildman–Crippen MR) is 72.4 cm³/mol. The van der Waals surface area contributed by atoms with Crippen molar-refractivity contribution in [1.29, 1.82) is 0 Å². The van der Waals surface area contributed by atoms with Crippen LogP contribution in [0.1, 0.15) is 16.8 Å². The van der Waals surface area contributed by atoms with Gasteiger partial charge in [0.1, 0.15) is 0 Å². The molecule has 2 rings (SSSR count). The molecule has 1 saturated heterocycles. The zero-order valence-electron chi connectivity index (χ0n) is 9.80. The summed E-state index contributed by atoms with van der Waals surface area (Å²) < 4.78 is 0. The van der Waals surface area contributed by atoms with Crippen molar-refractivity contribution in [1.82, 2.24) is 5.43 Å². The highest BCUT2D eigenvalue weighted by Crippen LogP contribution is 2.25. The molecular weight excluding hydrogens is 250 g/mol. The number of benzene rings is 1. The second kappa shape index (κ2) is 5.41. The molecule has 3 N–H and O–H groups in total. The van der Waals surface area contributed by atoms with Gasteiger partial charge in [0.05, 0.1) is 0 Å². The number of amides is 2. The second-order valence-electron chi connectivity index (χ2n) is 4.28. The molecule has 6 heteroatoms. The number of nitrogen functional groups attached to an aromatic ring is 1. The highest BCUT2D eigenvalue weighted by Gasteiger charge is 2.29. The Morgan fingerprint density at radius 2 is 2.11 bits per heavy atom. The number of nitrogens with two attached hydrogens (primary N) is 1. The lowest BCUT2D eigenvalue weighted by atomic mass is 10.1. The minimum Gasteiger partial charge on any atom is -0.312 e. The second-order valence-corrected chi connectivity index (χ2v) is 4.64. The van der Waals surface area contributed by atoms with Gasteiger partial charge in [0.2, 0.25) is 5.91 Å². The van der Waals surface area contributed by atoms with Gasteiger partial charge in [0.25, 0.3) is 5.91 Å². The van der Waals surface area contributed by atoms with Gasteiger partial charge in [0, 0.05) is 24.2 Å². The third kappa shape index (κ3) is 2.49. The van der Waals surface area contributed by atoms with Crippen LogP contribution in [-0.2, 0) is 4.79 Å². The summed E-state index contributed by atoms with van der Waals surface area (Å²) in [6.45, 7) is 0.685. The fourth-order valence-corrected chi connectivity index (χ4v) is 2.27. The molecule has 1 aromatic rings. The third-order valence-electron chi connectivity index (χ3n) is 3.04. The Labute approximate surface area is 111 Å². The van der Waals surface area contributed by atoms with E-state index >= 15 is 0 Å². The largest absolute Gasteiger partial charge is 0.312 e. The zero-order valence-corrected chi connectivity index (χ0v) is 10.7. The van der Waals surface area contributed by atoms with Crippen LogP contribution >= 0.6 is 12.6 Å². The van der Waals surface area contributed by atoms with Gasteiger partial charge in [0.15, 0.2) is 0 Å². The van der Waals surface area contributed by atoms with E-state index in [1.165, 1.54) is 0 Å². The number of nitrogens with one attached hydrogen (secondary N) is 1. The van der Waals surface area contributed by atoms with E-state index in [9.17, 15) is 9.59 Å². The van der Waals surface area contributed by atoms with Gasteiger partial charge >= 0.3 is 0 Å². The Kier molecular flexibility index (Phi) is 3.88. The molecule has 1 aromatic carbocycles. The summed E-state index contributed by atoms with van der Waals surface area (Å²) in [6, 6.07) is 6.81. The molecule has 0 radical (unpaired) electrons. The standard InChI is InChI=1S/C12H15N3O2S/c13-14-12(17)9-1-3-10(4-2-9)15-6-8(7-18)5-11(15)16/h1-4,8,18H,5-7,13H2,(H,14,17). The van der Waals surface area contributed by atoms with Crippen molar-refractivity contribution in [3.8, 4) is 0 Å². The number of rotatable bonds is 3. The van der Waals surface area contributed by atoms with Gasteiger partial charge in [-0.15, -0.1) is 0 Å². The van der Waals surface area contributed by atoms with Crippen molar-refractivity contribution in [2.45, 2.75) is 6.42 Å². The first kappa shape index (κ1) is 12.9. The van der Waals surface area contributed by atoms with Crippen LogP contribution in [0.4, 0.5) is 5.69 Å². The summed E-state index contributed by atoms with van der Waals surface area (Å²) in [7, 11) is 0. The average Bonchev–Trinajstić information content (AvgIpc) is 2.79. The molecule has 1 unspecified atom stereocenters. The van der Waals surface area contributed by atoms with Crippen LogP contribution in [0.15, 0.2) is 24.3 Å². The Morgan fingerprint density at radius 3 is 2.61 bits per heavy atom. The Hall–Kier alpha value is -1.53. The summed E-state index contributed by atoms with van der Waals surface area (Å²) in [5, 5.41) is 0. The number of carbonyl (C=O) groups excluding carboxylic acids is 2. The minimum atomic E-state index is -0.345. The number of hydrogen-bond donors (Lipinski definition) is 3. The van der Waals surface area contributed by atoms with Crippen molar-refractivity contribution < 1.29 is 9.59 Å². The first-order valence-corrected chi connectivity index (χ1v) is 6.31. The SMILES string of the molecule is NNC(=O)c1ccc(N2CC(CS)CC2=O)cc1. The minimum absolute atomic E-state index is 0.102. The van der Waals surface area contributed by atoms with E-state index in [4.69, 9.17) is 5.84 Å². The topological polar surface area (TPSA) is 75.4 Å². The third-order valence-corrected chi connectivity index (χ3v) is 3.55. The number of anilines is 1. The van der Waals surface area contributed by atoms with Crippen molar-refractivity contribution in [3.05, 3.63) is 29.8 Å². The molecule has 1 aliphatic rings. The van der Waals surface area contributed by atoms with Gasteiger partial charge in [-0.2, -0.15) is 12.6 Å². The predicted octanol–water partition coefficient (Wildman–Crippen LogP) is 0.573. The van der Waals surface area contributed by atoms with Crippen LogP contribution in [0, 0.1) is 5.92 Å². The molecular formula is C12H15N3O2S. The molecule has 0 aliphatic carbocycles. The Balaban J connectivity index is 2.15. The number of thiol groups is 1. The molecule has 0 aromatic heterocycles. The van der Waals surface area contributed by atoms with Gasteiger partial charge in [-0.3, -0.25) is 15.0 Å². The number of hydrogen-bond acceptors (Lipinski definition) is 4. The quantitative estimate of drug-likeness (QED) is 0.324. The number of hydrazine groups is 1. The summed E-state index contributed by atoms with van der Waals surface area (Å²) in [5.41, 5.74) is 3.34. The van der Waals surface area contributed by atoms with E-state index in [0.29, 0.717) is 30.2 Å². The lowest BCUT2D eigenvalue weighted by molar-refractivity contribution is -0.117. The highest BCUT2D eigenvalue weighted by molar-refractivity contribution is 7.80. The maximum Gasteiger partial charge on any atom is 0.265 e. The molecule has 2 amide bonds. The van der Waals surface area contributed by atoms with Crippen molar-refractivity contribution in [2.75, 3.05) is 17.2 Å². The van der Waals surface area contributed by atoms with E-state index in [2.05, 4.69) is 18.1 Å². The van der Waals surface area contributed by atoms with Crippen molar-refractivity contribution in [2.24, 2.45) is 11.8 Å². The van der Waals surface area contributed by atoms with E-state index in [-0.39, 0.29) is 11.8 Å². The zero-order chi connectivity index (χ0) is 13.1. The maximum atomic E-state index is 11.8. The molecule has 1 aliphatic heterocycles. The maximum absolute atomic E-state index is 11.8. The van der Waals surface area contributed by atoms with Crippen LogP contribution in [-0.4, -0.2) is 24.1 Å². The molecule has 1 heterocycles. The summed E-state index contributed by atoms with van der Waals surface area (Å²) >= 11 is 4.22. The first-order valence-electron chi connectivity index (χ1n) is 5.68. The van der Waals surface area contributed by atoms with Gasteiger partial charge in [-0.1, -0.05) is 0 Å². The van der Waals surface area contributed by atoms with E-state index in [1.54, 1.807) is 29.2 Å². The molecule has 18 heavy (non-hydrogen) atoms. The molecule has 0 spiro atoms. The van der Waals surface area contributed by atoms with Crippen LogP contribution in [0.3, 0.4) is 0 Å². The average molecular weight is 265 g/mol. The first-order chi connectivity index (χ1) is 8.65. The van der Waals surface area contributed by atoms with E-state index < -0.39 is 0 Å². The Morgan fingerprint density at radius 1 is 1.44 bits per heavy atom. The lowest BCUT2D eigenvalue weighted by Gasteiger charge is -2.16. The molecule has 1 atom stereocenters. The van der Waals surface area contributed by atoms with Crippen LogP contribution in [0.25, 0.3) is 0 Å². The van der Waals surface area contributed by atoms with Crippen LogP contribution in [0.5, 0.6) is 0 Å². The van der Waals surface area contributed by atoms with Gasteiger partial charge in [-0.05, 0) is 35.9 Å². The van der Waals surface area contributed by atoms with Crippen molar-refractivity contribution in [3.63, 3.8) is 0 Å². The monoisotopic (exact) mass is 265 g/mol. The molecule has 0 saturated carbocycles. The summed E-state index contributed by atoms with van der Waals surface area (Å²) in [6.07, 6.45) is 0.536. The smallest absolute Gasteiger partial charge is 0.265 e. The molecule has 1 fully saturated rings. The summed E-state index contributed by atoms with van der Waals surface area (Å²) in [5.74, 6) is 5.81. The molecule has 5 nitrogen and oxygen atoms in total. The number of carbonyl (C=O) groups is 2. The van der Waals surface area contributed by atoms with E-state index in [0.717, 1.165) is 5.69 Å². The molecule has 96 valence electrons. The number of nitrogens with zero attached hydrogens (tertiary/aromatic N) is 1. The van der Waals surface area contributed by atoms with Crippen LogP contribution in [0.2, 0.25) is 0 Å². The van der Waals surface area contributed by atoms with Gasteiger partial charge in [-0.25, -0.2) is 5.84 Å². The molecule has 0 bridgehead atoms. The fourth-order valence-electron chi connectivity index (χ4n) is 2.03. The normalized spacial score (nSPS) is 19.1. The van der Waals surface area contributed by atoms with Crippen molar-refractivity contribution >= 4 is 30.1 Å². The lowest BCUT2D eigenvalue weighted by Crippen LogP contribution is -2.30. The fraction of sp³-hybridized carbons (Fsp3) is 0.333. The van der Waals surface area contributed by atoms with E-state index in [1.807, 2.05) is 0 Å². The van der Waals surface area contributed by atoms with Crippen LogP contribution < -0.4 is 16.2 Å². The summed E-state index contributed by atoms with van der Waals surface area (Å²) in [4.78, 5) is 24.8.